The van der Waals surface area contributed by atoms with E-state index in [4.69, 9.17) is 34.7 Å². The third kappa shape index (κ3) is 6.86. The minimum atomic E-state index is -4.67. The molecule has 0 radical (unpaired) electrons. The van der Waals surface area contributed by atoms with Gasteiger partial charge in [-0.15, -0.1) is 0 Å². The Morgan fingerprint density at radius 3 is 2.32 bits per heavy atom. The molecule has 0 saturated heterocycles. The smallest absolute Gasteiger partial charge is 0.383 e. The van der Waals surface area contributed by atoms with Gasteiger partial charge >= 0.3 is 6.18 Å². The normalized spacial score (nSPS) is 13.2. The second-order valence-corrected chi connectivity index (χ2v) is 9.54. The largest absolute Gasteiger partial charge is 0.416 e. The molecule has 34 heavy (non-hydrogen) atoms. The number of hydrogen-bond donors (Lipinski definition) is 3. The van der Waals surface area contributed by atoms with E-state index in [9.17, 15) is 22.2 Å². The summed E-state index contributed by atoms with van der Waals surface area (Å²) < 4.78 is 52.4. The van der Waals surface area contributed by atoms with Crippen LogP contribution in [0.2, 0.25) is 10.0 Å². The topological polar surface area (TPSA) is 128 Å². The quantitative estimate of drug-likeness (QED) is 0.175. The number of halogens is 5. The van der Waals surface area contributed by atoms with Gasteiger partial charge in [0.05, 0.1) is 26.4 Å². The van der Waals surface area contributed by atoms with Crippen LogP contribution >= 0.6 is 23.2 Å². The summed E-state index contributed by atoms with van der Waals surface area (Å²) in [5.74, 6) is -0.867. The summed E-state index contributed by atoms with van der Waals surface area (Å²) in [4.78, 5) is 12.0. The Morgan fingerprint density at radius 2 is 1.79 bits per heavy atom. The number of hydrogen-bond acceptors (Lipinski definition) is 5. The molecule has 0 spiro atoms. The van der Waals surface area contributed by atoms with Gasteiger partial charge in [-0.25, -0.2) is 10.1 Å². The van der Waals surface area contributed by atoms with Crippen LogP contribution in [0.25, 0.3) is 5.69 Å². The predicted octanol–water partition coefficient (Wildman–Crippen LogP) is 4.61. The van der Waals surface area contributed by atoms with Crippen molar-refractivity contribution in [2.75, 3.05) is 12.0 Å². The summed E-state index contributed by atoms with van der Waals surface area (Å²) in [5, 5.41) is 7.16. The summed E-state index contributed by atoms with van der Waals surface area (Å²) in [7, 11) is -1.73. The number of carbonyl (C=O) groups excluding carboxylic acids is 1. The minimum Gasteiger partial charge on any atom is -0.383 e. The first-order chi connectivity index (χ1) is 15.9. The van der Waals surface area contributed by atoms with Crippen LogP contribution in [0.1, 0.15) is 56.7 Å². The second-order valence-electron chi connectivity index (χ2n) is 7.41. The fraction of sp³-hybridized carbons (Fsp3) is 0.450. The lowest BCUT2D eigenvalue weighted by Gasteiger charge is -2.13. The number of nitrogens with one attached hydrogen (secondary N) is 1. The van der Waals surface area contributed by atoms with Crippen LogP contribution in [0.3, 0.4) is 0 Å². The lowest BCUT2D eigenvalue weighted by molar-refractivity contribution is -0.137. The first kappa shape index (κ1) is 27.9. The maximum absolute atomic E-state index is 13.1. The Kier molecular flexibility index (Phi) is 9.77. The third-order valence-corrected chi connectivity index (χ3v) is 6.32. The number of nitrogens with zero attached hydrogens (tertiary/aromatic N) is 3. The molecule has 1 aromatic heterocycles. The van der Waals surface area contributed by atoms with Gasteiger partial charge < -0.3 is 11.5 Å². The molecule has 8 nitrogen and oxygen atoms in total. The molecule has 2 rings (SSSR count). The van der Waals surface area contributed by atoms with Crippen LogP contribution in [0.4, 0.5) is 19.0 Å². The van der Waals surface area contributed by atoms with E-state index in [-0.39, 0.29) is 50.3 Å². The number of nitrogen functional groups attached to an aromatic ring is 1. The fourth-order valence-electron chi connectivity index (χ4n) is 3.09. The number of hydrazone groups is 1. The van der Waals surface area contributed by atoms with Crippen molar-refractivity contribution in [1.29, 1.82) is 0 Å². The van der Waals surface area contributed by atoms with Crippen LogP contribution in [0, 0.1) is 0 Å². The summed E-state index contributed by atoms with van der Waals surface area (Å²) >= 11 is 12.1. The van der Waals surface area contributed by atoms with Crippen LogP contribution in [0.5, 0.6) is 0 Å². The number of unbranched alkanes of at least 4 members (excludes halogenated alkanes) is 4. The zero-order valence-electron chi connectivity index (χ0n) is 18.5. The second kappa shape index (κ2) is 11.9. The highest BCUT2D eigenvalue weighted by Crippen LogP contribution is 2.39. The van der Waals surface area contributed by atoms with Crippen molar-refractivity contribution in [3.05, 3.63) is 33.4 Å². The van der Waals surface area contributed by atoms with Crippen molar-refractivity contribution in [3.63, 3.8) is 0 Å². The number of rotatable bonds is 10. The van der Waals surface area contributed by atoms with Gasteiger partial charge in [-0.3, -0.25) is 9.00 Å². The fourth-order valence-corrected chi connectivity index (χ4v) is 4.54. The first-order valence-electron chi connectivity index (χ1n) is 10.3. The molecule has 0 aliphatic carbocycles. The molecule has 0 fully saturated rings. The maximum Gasteiger partial charge on any atom is 0.416 e. The highest BCUT2D eigenvalue weighted by Gasteiger charge is 2.33. The van der Waals surface area contributed by atoms with E-state index in [0.29, 0.717) is 18.6 Å². The van der Waals surface area contributed by atoms with Gasteiger partial charge in [0.2, 0.25) is 5.91 Å². The van der Waals surface area contributed by atoms with Crippen LogP contribution in [0.15, 0.2) is 22.1 Å². The molecular weight excluding hydrogens is 516 g/mol. The molecule has 0 aliphatic rings. The van der Waals surface area contributed by atoms with E-state index in [1.165, 1.54) is 6.26 Å². The maximum atomic E-state index is 13.1. The highest BCUT2D eigenvalue weighted by molar-refractivity contribution is 7.84. The SMILES string of the molecule is CCCCCCCC(=O)NN=C(N)c1nn(-c2c(Cl)cc(C(F)(F)F)cc2Cl)c(N)c1S(C)=O. The average molecular weight is 541 g/mol. The van der Waals surface area contributed by atoms with Gasteiger partial charge in [0.25, 0.3) is 0 Å². The highest BCUT2D eigenvalue weighted by atomic mass is 35.5. The van der Waals surface area contributed by atoms with Crippen molar-refractivity contribution in [2.24, 2.45) is 10.8 Å². The average Bonchev–Trinajstić information content (AvgIpc) is 3.08. The molecule has 0 saturated carbocycles. The van der Waals surface area contributed by atoms with Crippen molar-refractivity contribution in [3.8, 4) is 5.69 Å². The molecule has 0 aliphatic heterocycles. The van der Waals surface area contributed by atoms with Gasteiger partial charge in [-0.2, -0.15) is 23.4 Å². The molecular formula is C20H25Cl2F3N6O2S. The lowest BCUT2D eigenvalue weighted by atomic mass is 10.1. The molecule has 1 unspecified atom stereocenters. The molecule has 5 N–H and O–H groups in total. The molecule has 0 bridgehead atoms. The third-order valence-electron chi connectivity index (χ3n) is 4.77. The van der Waals surface area contributed by atoms with E-state index in [1.54, 1.807) is 0 Å². The monoisotopic (exact) mass is 540 g/mol. The predicted molar refractivity (Wildman–Crippen MR) is 128 cm³/mol. The zero-order chi connectivity index (χ0) is 25.6. The number of alkyl halides is 3. The molecule has 1 heterocycles. The van der Waals surface area contributed by atoms with Gasteiger partial charge in [0.15, 0.2) is 5.84 Å². The number of amidine groups is 1. The number of anilines is 1. The standard InChI is InChI=1S/C20H25Cl2F3N6O2S/c1-3-4-5-6-7-8-14(32)28-29-18(26)15-17(34(2)33)19(27)31(30-15)16-12(21)9-11(10-13(16)22)20(23,24)25/h9-10H,3-8,27H2,1-2H3,(H2,26,29)(H,28,32). The van der Waals surface area contributed by atoms with E-state index in [0.717, 1.165) is 30.4 Å². The summed E-state index contributed by atoms with van der Waals surface area (Å²) in [5.41, 5.74) is 13.0. The molecule has 188 valence electrons. The van der Waals surface area contributed by atoms with Gasteiger partial charge in [0, 0.05) is 12.7 Å². The first-order valence-corrected chi connectivity index (χ1v) is 12.6. The Balaban J connectivity index is 2.36. The van der Waals surface area contributed by atoms with Gasteiger partial charge in [0.1, 0.15) is 22.1 Å². The molecule has 1 atom stereocenters. The summed E-state index contributed by atoms with van der Waals surface area (Å²) in [6, 6.07) is 1.34. The number of benzene rings is 1. The van der Waals surface area contributed by atoms with E-state index >= 15 is 0 Å². The molecule has 14 heteroatoms. The van der Waals surface area contributed by atoms with Gasteiger partial charge in [-0.05, 0) is 18.6 Å². The number of carbonyl (C=O) groups is 1. The van der Waals surface area contributed by atoms with E-state index < -0.39 is 22.5 Å². The Morgan fingerprint density at radius 1 is 1.21 bits per heavy atom. The van der Waals surface area contributed by atoms with Crippen LogP contribution in [-0.4, -0.2) is 32.0 Å². The van der Waals surface area contributed by atoms with Crippen LogP contribution in [-0.2, 0) is 21.8 Å². The Bertz CT molecular complexity index is 1080. The van der Waals surface area contributed by atoms with Crippen molar-refractivity contribution >= 4 is 51.6 Å². The van der Waals surface area contributed by atoms with Crippen molar-refractivity contribution in [2.45, 2.75) is 56.5 Å². The summed E-state index contributed by atoms with van der Waals surface area (Å²) in [6.07, 6.45) is 1.71. The molecule has 1 amide bonds. The Hall–Kier alpha value is -2.31. The molecule has 2 aromatic rings. The van der Waals surface area contributed by atoms with Crippen molar-refractivity contribution < 1.29 is 22.2 Å². The number of nitrogens with two attached hydrogens (primary N) is 2. The lowest BCUT2D eigenvalue weighted by Crippen LogP contribution is -2.25. The van der Waals surface area contributed by atoms with Crippen molar-refractivity contribution in [1.82, 2.24) is 15.2 Å². The van der Waals surface area contributed by atoms with E-state index in [2.05, 4.69) is 22.5 Å². The summed E-state index contributed by atoms with van der Waals surface area (Å²) in [6.45, 7) is 2.09. The van der Waals surface area contributed by atoms with Gasteiger partial charge in [-0.1, -0.05) is 55.8 Å². The Labute approximate surface area is 207 Å². The zero-order valence-corrected chi connectivity index (χ0v) is 20.8. The van der Waals surface area contributed by atoms with E-state index in [1.807, 2.05) is 0 Å². The molecule has 1 aromatic carbocycles. The minimum absolute atomic E-state index is 0.0397. The number of aromatic nitrogens is 2. The van der Waals surface area contributed by atoms with Crippen LogP contribution < -0.4 is 16.9 Å². The number of amides is 1.